The van der Waals surface area contributed by atoms with Gasteiger partial charge in [-0.15, -0.1) is 0 Å². The lowest BCUT2D eigenvalue weighted by molar-refractivity contribution is -0.135. The molecule has 1 aliphatic rings. The highest BCUT2D eigenvalue weighted by Crippen LogP contribution is 2.33. The zero-order valence-electron chi connectivity index (χ0n) is 15.8. The quantitative estimate of drug-likeness (QED) is 0.772. The third-order valence-corrected chi connectivity index (χ3v) is 5.91. The van der Waals surface area contributed by atoms with Gasteiger partial charge in [0, 0.05) is 24.5 Å². The van der Waals surface area contributed by atoms with E-state index in [2.05, 4.69) is 4.98 Å². The minimum Gasteiger partial charge on any atom is -0.496 e. The lowest BCUT2D eigenvalue weighted by Gasteiger charge is -2.34. The molecule has 0 radical (unpaired) electrons. The van der Waals surface area contributed by atoms with Crippen LogP contribution in [0.1, 0.15) is 42.9 Å². The van der Waals surface area contributed by atoms with E-state index in [0.29, 0.717) is 27.9 Å². The first-order valence-electron chi connectivity index (χ1n) is 9.40. The number of nitrogens with zero attached hydrogens (tertiary/aromatic N) is 2. The smallest absolute Gasteiger partial charge is 0.227 e. The first kappa shape index (κ1) is 20.9. The van der Waals surface area contributed by atoms with Crippen molar-refractivity contribution in [3.8, 4) is 5.75 Å². The Bertz CT molecular complexity index is 831. The van der Waals surface area contributed by atoms with Gasteiger partial charge in [0.15, 0.2) is 0 Å². The van der Waals surface area contributed by atoms with Crippen LogP contribution in [0.3, 0.4) is 0 Å². The number of hydrogen-bond donors (Lipinski definition) is 1. The van der Waals surface area contributed by atoms with Crippen molar-refractivity contribution in [2.24, 2.45) is 0 Å². The maximum Gasteiger partial charge on any atom is 0.227 e. The average molecular weight is 423 g/mol. The molecule has 2 atom stereocenters. The molecule has 3 rings (SSSR count). The second kappa shape index (κ2) is 9.59. The number of carbonyl (C=O) groups is 1. The van der Waals surface area contributed by atoms with Crippen LogP contribution in [-0.4, -0.2) is 40.6 Å². The van der Waals surface area contributed by atoms with Crippen LogP contribution >= 0.6 is 23.2 Å². The van der Waals surface area contributed by atoms with Crippen molar-refractivity contribution in [3.05, 3.63) is 57.8 Å². The molecule has 0 saturated carbocycles. The zero-order chi connectivity index (χ0) is 20.1. The monoisotopic (exact) mass is 422 g/mol. The fourth-order valence-electron chi connectivity index (χ4n) is 3.71. The van der Waals surface area contributed by atoms with Gasteiger partial charge in [0.05, 0.1) is 29.6 Å². The molecule has 1 fully saturated rings. The Balaban J connectivity index is 1.83. The number of halogens is 2. The Labute approximate surface area is 175 Å². The third-order valence-electron chi connectivity index (χ3n) is 5.17. The molecule has 1 aromatic carbocycles. The van der Waals surface area contributed by atoms with E-state index in [1.807, 2.05) is 0 Å². The number of aliphatic hydroxyl groups is 1. The second-order valence-electron chi connectivity index (χ2n) is 6.99. The predicted octanol–water partition coefficient (Wildman–Crippen LogP) is 4.44. The highest BCUT2D eigenvalue weighted by Gasteiger charge is 2.33. The summed E-state index contributed by atoms with van der Waals surface area (Å²) in [6.45, 7) is 0.616. The van der Waals surface area contributed by atoms with E-state index >= 15 is 0 Å². The van der Waals surface area contributed by atoms with E-state index in [-0.39, 0.29) is 18.4 Å². The summed E-state index contributed by atoms with van der Waals surface area (Å²) in [7, 11) is 1.56. The van der Waals surface area contributed by atoms with E-state index in [9.17, 15) is 9.90 Å². The van der Waals surface area contributed by atoms with Gasteiger partial charge in [-0.1, -0.05) is 42.1 Å². The van der Waals surface area contributed by atoms with Gasteiger partial charge in [-0.2, -0.15) is 0 Å². The second-order valence-corrected chi connectivity index (χ2v) is 7.81. The number of benzene rings is 1. The van der Waals surface area contributed by atoms with E-state index in [1.54, 1.807) is 48.7 Å². The molecule has 0 bridgehead atoms. The van der Waals surface area contributed by atoms with E-state index in [4.69, 9.17) is 27.9 Å². The summed E-state index contributed by atoms with van der Waals surface area (Å²) in [5.41, 5.74) is 1.40. The summed E-state index contributed by atoms with van der Waals surface area (Å²) in [5.74, 6) is 0.538. The van der Waals surface area contributed by atoms with Crippen LogP contribution in [-0.2, 0) is 11.2 Å². The number of ether oxygens (including phenoxy) is 1. The van der Waals surface area contributed by atoms with Gasteiger partial charge >= 0.3 is 0 Å². The SMILES string of the molecule is COc1ccncc1[C@H](O)[C@H]1CCCCCN1C(=O)Cc1ccc(Cl)c(Cl)c1. The maximum atomic E-state index is 13.1. The molecule has 150 valence electrons. The summed E-state index contributed by atoms with van der Waals surface area (Å²) >= 11 is 12.1. The highest BCUT2D eigenvalue weighted by molar-refractivity contribution is 6.42. The van der Waals surface area contributed by atoms with Crippen LogP contribution in [0.4, 0.5) is 0 Å². The Hall–Kier alpha value is -1.82. The van der Waals surface area contributed by atoms with Gasteiger partial charge < -0.3 is 14.7 Å². The Morgan fingerprint density at radius 2 is 2.11 bits per heavy atom. The van der Waals surface area contributed by atoms with Gasteiger partial charge in [-0.05, 0) is 36.6 Å². The van der Waals surface area contributed by atoms with Crippen LogP contribution in [0.15, 0.2) is 36.7 Å². The van der Waals surface area contributed by atoms with Crippen LogP contribution < -0.4 is 4.74 Å². The number of aliphatic hydroxyl groups excluding tert-OH is 1. The van der Waals surface area contributed by atoms with Crippen molar-refractivity contribution < 1.29 is 14.6 Å². The number of aromatic nitrogens is 1. The van der Waals surface area contributed by atoms with Crippen LogP contribution in [0.5, 0.6) is 5.75 Å². The van der Waals surface area contributed by atoms with Crippen molar-refractivity contribution in [2.45, 2.75) is 44.2 Å². The van der Waals surface area contributed by atoms with E-state index in [0.717, 1.165) is 31.2 Å². The molecule has 2 aromatic rings. The topological polar surface area (TPSA) is 62.7 Å². The van der Waals surface area contributed by atoms with E-state index in [1.165, 1.54) is 0 Å². The number of pyridine rings is 1. The Morgan fingerprint density at radius 3 is 2.86 bits per heavy atom. The fraction of sp³-hybridized carbons (Fsp3) is 0.429. The molecule has 7 heteroatoms. The summed E-state index contributed by atoms with van der Waals surface area (Å²) in [4.78, 5) is 19.0. The van der Waals surface area contributed by atoms with Crippen molar-refractivity contribution in [3.63, 3.8) is 0 Å². The Morgan fingerprint density at radius 1 is 1.29 bits per heavy atom. The maximum absolute atomic E-state index is 13.1. The fourth-order valence-corrected chi connectivity index (χ4v) is 4.03. The van der Waals surface area contributed by atoms with Gasteiger partial charge in [0.1, 0.15) is 11.9 Å². The standard InChI is InChI=1S/C21H24Cl2N2O3/c1-28-19-8-9-24-13-15(19)21(27)18-5-3-2-4-10-25(18)20(26)12-14-6-7-16(22)17(23)11-14/h6-9,11,13,18,21,27H,2-5,10,12H2,1H3/t18-,21+/m1/s1. The highest BCUT2D eigenvalue weighted by atomic mass is 35.5. The van der Waals surface area contributed by atoms with Crippen molar-refractivity contribution in [1.82, 2.24) is 9.88 Å². The molecule has 0 spiro atoms. The minimum absolute atomic E-state index is 0.0350. The molecule has 2 heterocycles. The number of methoxy groups -OCH3 is 1. The van der Waals surface area contributed by atoms with Gasteiger partial charge in [-0.25, -0.2) is 0 Å². The Kier molecular flexibility index (Phi) is 7.16. The molecule has 5 nitrogen and oxygen atoms in total. The normalized spacial score (nSPS) is 18.4. The molecule has 1 amide bonds. The largest absolute Gasteiger partial charge is 0.496 e. The summed E-state index contributed by atoms with van der Waals surface area (Å²) < 4.78 is 5.37. The molecule has 1 aliphatic heterocycles. The lowest BCUT2D eigenvalue weighted by atomic mass is 9.97. The van der Waals surface area contributed by atoms with Crippen molar-refractivity contribution in [2.75, 3.05) is 13.7 Å². The summed E-state index contributed by atoms with van der Waals surface area (Å²) in [5, 5.41) is 12.0. The molecule has 0 unspecified atom stereocenters. The van der Waals surface area contributed by atoms with Crippen LogP contribution in [0.2, 0.25) is 10.0 Å². The molecule has 1 aromatic heterocycles. The van der Waals surface area contributed by atoms with Crippen molar-refractivity contribution in [1.29, 1.82) is 0 Å². The minimum atomic E-state index is -0.862. The molecular weight excluding hydrogens is 399 g/mol. The van der Waals surface area contributed by atoms with Gasteiger partial charge in [-0.3, -0.25) is 9.78 Å². The number of carbonyl (C=O) groups excluding carboxylic acids is 1. The van der Waals surface area contributed by atoms with Gasteiger partial charge in [0.25, 0.3) is 0 Å². The van der Waals surface area contributed by atoms with Crippen molar-refractivity contribution >= 4 is 29.1 Å². The van der Waals surface area contributed by atoms with Gasteiger partial charge in [0.2, 0.25) is 5.91 Å². The number of rotatable bonds is 5. The number of amides is 1. The molecule has 1 N–H and O–H groups in total. The molecule has 28 heavy (non-hydrogen) atoms. The summed E-state index contributed by atoms with van der Waals surface area (Å²) in [6, 6.07) is 6.61. The van der Waals surface area contributed by atoms with E-state index < -0.39 is 6.10 Å². The van der Waals surface area contributed by atoms with Crippen LogP contribution in [0, 0.1) is 0 Å². The molecular formula is C21H24Cl2N2O3. The average Bonchev–Trinajstić information content (AvgIpc) is 2.96. The lowest BCUT2D eigenvalue weighted by Crippen LogP contribution is -2.44. The first-order valence-corrected chi connectivity index (χ1v) is 10.2. The van der Waals surface area contributed by atoms with Crippen LogP contribution in [0.25, 0.3) is 0 Å². The molecule has 1 saturated heterocycles. The third kappa shape index (κ3) is 4.77. The number of hydrogen-bond acceptors (Lipinski definition) is 4. The zero-order valence-corrected chi connectivity index (χ0v) is 17.3. The summed E-state index contributed by atoms with van der Waals surface area (Å²) in [6.07, 6.45) is 6.22. The molecule has 0 aliphatic carbocycles. The number of likely N-dealkylation sites (tertiary alicyclic amines) is 1. The predicted molar refractivity (Wildman–Crippen MR) is 110 cm³/mol. The first-order chi connectivity index (χ1) is 13.5.